The predicted octanol–water partition coefficient (Wildman–Crippen LogP) is -0.373. The molecule has 2 rings (SSSR count). The molecule has 0 aromatic carbocycles. The Morgan fingerprint density at radius 2 is 2.21 bits per heavy atom. The van der Waals surface area contributed by atoms with Crippen molar-refractivity contribution in [1.82, 2.24) is 19.9 Å². The van der Waals surface area contributed by atoms with E-state index in [0.717, 1.165) is 0 Å². The Kier molecular flexibility index (Phi) is 1.84. The minimum Gasteiger partial charge on any atom is -0.465 e. The molecule has 0 fully saturated rings. The highest BCUT2D eigenvalue weighted by atomic mass is 16.5. The smallest absolute Gasteiger partial charge is 0.296 e. The number of rotatable bonds is 2. The van der Waals surface area contributed by atoms with Gasteiger partial charge in [-0.3, -0.25) is 9.78 Å². The lowest BCUT2D eigenvalue weighted by Gasteiger charge is -1.92. The third-order valence-electron chi connectivity index (χ3n) is 1.64. The molecule has 0 spiro atoms. The maximum absolute atomic E-state index is 11.3. The lowest BCUT2D eigenvalue weighted by molar-refractivity contribution is 0.317. The summed E-state index contributed by atoms with van der Waals surface area (Å²) in [6.07, 6.45) is 0. The number of H-pyrrole nitrogens is 2. The standard InChI is InChI=1S/C7H9N5O2/c1-2-14-7-9-3-4(11-7)10-6(8)12-5(3)13/h2H2,1H3,(H4,8,9,10,11,12,13). The molecule has 0 aliphatic heterocycles. The van der Waals surface area contributed by atoms with Crippen LogP contribution in [0.3, 0.4) is 0 Å². The first-order chi connectivity index (χ1) is 6.70. The molecule has 0 bridgehead atoms. The average Bonchev–Trinajstić information content (AvgIpc) is 2.48. The van der Waals surface area contributed by atoms with E-state index < -0.39 is 0 Å². The van der Waals surface area contributed by atoms with Crippen LogP contribution in [0.15, 0.2) is 4.79 Å². The van der Waals surface area contributed by atoms with E-state index in [1.54, 1.807) is 0 Å². The summed E-state index contributed by atoms with van der Waals surface area (Å²) in [5.74, 6) is 0.0389. The van der Waals surface area contributed by atoms with Gasteiger partial charge in [0.25, 0.3) is 11.6 Å². The number of aromatic nitrogens is 4. The van der Waals surface area contributed by atoms with E-state index in [0.29, 0.717) is 6.61 Å². The Balaban J connectivity index is 2.65. The molecule has 4 N–H and O–H groups in total. The van der Waals surface area contributed by atoms with E-state index in [-0.39, 0.29) is 28.7 Å². The Morgan fingerprint density at radius 1 is 1.43 bits per heavy atom. The molecule has 0 atom stereocenters. The zero-order chi connectivity index (χ0) is 10.1. The van der Waals surface area contributed by atoms with Crippen LogP contribution in [0.4, 0.5) is 5.95 Å². The molecule has 7 heteroatoms. The maximum Gasteiger partial charge on any atom is 0.296 e. The molecule has 0 amide bonds. The van der Waals surface area contributed by atoms with E-state index in [1.807, 2.05) is 6.92 Å². The Bertz CT molecular complexity index is 514. The van der Waals surface area contributed by atoms with Gasteiger partial charge < -0.3 is 15.5 Å². The molecule has 7 nitrogen and oxygen atoms in total. The van der Waals surface area contributed by atoms with Crippen molar-refractivity contribution < 1.29 is 4.74 Å². The Hall–Kier alpha value is -2.05. The zero-order valence-corrected chi connectivity index (χ0v) is 7.50. The SMILES string of the molecule is CCOc1nc2nc(N)[nH]c(=O)c2[nH]1. The highest BCUT2D eigenvalue weighted by molar-refractivity contribution is 5.70. The maximum atomic E-state index is 11.3. The summed E-state index contributed by atoms with van der Waals surface area (Å²) in [7, 11) is 0. The fourth-order valence-corrected chi connectivity index (χ4v) is 1.11. The molecule has 2 heterocycles. The number of nitrogens with one attached hydrogen (secondary N) is 2. The summed E-state index contributed by atoms with van der Waals surface area (Å²) in [5.41, 5.74) is 5.52. The van der Waals surface area contributed by atoms with Gasteiger partial charge in [0.05, 0.1) is 6.61 Å². The van der Waals surface area contributed by atoms with Crippen LogP contribution < -0.4 is 16.0 Å². The van der Waals surface area contributed by atoms with Gasteiger partial charge in [0.2, 0.25) is 5.95 Å². The number of ether oxygens (including phenoxy) is 1. The second kappa shape index (κ2) is 3.02. The number of imidazole rings is 1. The molecular weight excluding hydrogens is 186 g/mol. The summed E-state index contributed by atoms with van der Waals surface area (Å²) in [6, 6.07) is 0.270. The van der Waals surface area contributed by atoms with Crippen LogP contribution in [-0.4, -0.2) is 26.5 Å². The first kappa shape index (κ1) is 8.54. The second-order valence-corrected chi connectivity index (χ2v) is 2.62. The van der Waals surface area contributed by atoms with E-state index in [4.69, 9.17) is 10.5 Å². The van der Waals surface area contributed by atoms with Crippen LogP contribution in [0.1, 0.15) is 6.92 Å². The molecule has 0 radical (unpaired) electrons. The molecule has 14 heavy (non-hydrogen) atoms. The monoisotopic (exact) mass is 195 g/mol. The molecule has 0 aliphatic rings. The van der Waals surface area contributed by atoms with Crippen LogP contribution in [0.2, 0.25) is 0 Å². The molecule has 0 saturated carbocycles. The van der Waals surface area contributed by atoms with Crippen molar-refractivity contribution in [2.24, 2.45) is 0 Å². The summed E-state index contributed by atoms with van der Waals surface area (Å²) in [6.45, 7) is 2.28. The highest BCUT2D eigenvalue weighted by Gasteiger charge is 2.08. The van der Waals surface area contributed by atoms with Gasteiger partial charge in [-0.2, -0.15) is 9.97 Å². The Morgan fingerprint density at radius 3 is 2.93 bits per heavy atom. The van der Waals surface area contributed by atoms with Crippen molar-refractivity contribution in [3.63, 3.8) is 0 Å². The minimum atomic E-state index is -0.356. The first-order valence-corrected chi connectivity index (χ1v) is 4.09. The quantitative estimate of drug-likeness (QED) is 0.605. The van der Waals surface area contributed by atoms with E-state index in [1.165, 1.54) is 0 Å². The third-order valence-corrected chi connectivity index (χ3v) is 1.64. The lowest BCUT2D eigenvalue weighted by atomic mass is 10.5. The van der Waals surface area contributed by atoms with Gasteiger partial charge in [-0.15, -0.1) is 0 Å². The molecule has 0 aliphatic carbocycles. The van der Waals surface area contributed by atoms with Crippen molar-refractivity contribution in [3.05, 3.63) is 10.4 Å². The van der Waals surface area contributed by atoms with Gasteiger partial charge in [0, 0.05) is 0 Å². The van der Waals surface area contributed by atoms with Gasteiger partial charge in [-0.25, -0.2) is 0 Å². The number of nitrogens with two attached hydrogens (primary N) is 1. The summed E-state index contributed by atoms with van der Waals surface area (Å²) in [5, 5.41) is 0. The molecular formula is C7H9N5O2. The zero-order valence-electron chi connectivity index (χ0n) is 7.50. The molecule has 74 valence electrons. The number of nitrogen functional groups attached to an aromatic ring is 1. The van der Waals surface area contributed by atoms with Crippen molar-refractivity contribution in [1.29, 1.82) is 0 Å². The topological polar surface area (TPSA) is 110 Å². The van der Waals surface area contributed by atoms with Gasteiger partial charge in [-0.05, 0) is 6.92 Å². The van der Waals surface area contributed by atoms with Crippen molar-refractivity contribution in [2.45, 2.75) is 6.92 Å². The number of hydrogen-bond acceptors (Lipinski definition) is 5. The van der Waals surface area contributed by atoms with Crippen LogP contribution in [0.25, 0.3) is 11.2 Å². The fourth-order valence-electron chi connectivity index (χ4n) is 1.11. The fraction of sp³-hybridized carbons (Fsp3) is 0.286. The van der Waals surface area contributed by atoms with Crippen LogP contribution in [0, 0.1) is 0 Å². The summed E-state index contributed by atoms with van der Waals surface area (Å²) in [4.78, 5) is 24.1. The number of fused-ring (bicyclic) bond motifs is 1. The minimum absolute atomic E-state index is 0.0389. The molecule has 2 aromatic heterocycles. The van der Waals surface area contributed by atoms with Gasteiger partial charge in [0.15, 0.2) is 11.2 Å². The number of aromatic amines is 2. The summed E-state index contributed by atoms with van der Waals surface area (Å²) < 4.78 is 5.09. The van der Waals surface area contributed by atoms with Crippen molar-refractivity contribution in [2.75, 3.05) is 12.3 Å². The molecule has 0 saturated heterocycles. The van der Waals surface area contributed by atoms with Gasteiger partial charge in [-0.1, -0.05) is 0 Å². The lowest BCUT2D eigenvalue weighted by Crippen LogP contribution is -2.10. The Labute approximate surface area is 78.3 Å². The van der Waals surface area contributed by atoms with E-state index in [9.17, 15) is 4.79 Å². The average molecular weight is 195 g/mol. The molecule has 2 aromatic rings. The van der Waals surface area contributed by atoms with E-state index in [2.05, 4.69) is 19.9 Å². The van der Waals surface area contributed by atoms with Crippen molar-refractivity contribution in [3.8, 4) is 6.01 Å². The number of hydrogen-bond donors (Lipinski definition) is 3. The third kappa shape index (κ3) is 1.28. The van der Waals surface area contributed by atoms with E-state index >= 15 is 0 Å². The normalized spacial score (nSPS) is 10.6. The summed E-state index contributed by atoms with van der Waals surface area (Å²) >= 11 is 0. The van der Waals surface area contributed by atoms with Gasteiger partial charge >= 0.3 is 0 Å². The van der Waals surface area contributed by atoms with Crippen LogP contribution >= 0.6 is 0 Å². The largest absolute Gasteiger partial charge is 0.465 e. The first-order valence-electron chi connectivity index (χ1n) is 4.09. The van der Waals surface area contributed by atoms with Crippen LogP contribution in [0.5, 0.6) is 6.01 Å². The number of anilines is 1. The van der Waals surface area contributed by atoms with Crippen molar-refractivity contribution >= 4 is 17.1 Å². The highest BCUT2D eigenvalue weighted by Crippen LogP contribution is 2.09. The second-order valence-electron chi connectivity index (χ2n) is 2.62. The van der Waals surface area contributed by atoms with Crippen LogP contribution in [-0.2, 0) is 0 Å². The number of nitrogens with zero attached hydrogens (tertiary/aromatic N) is 2. The predicted molar refractivity (Wildman–Crippen MR) is 50.1 cm³/mol. The molecule has 0 unspecified atom stereocenters. The van der Waals surface area contributed by atoms with Gasteiger partial charge in [0.1, 0.15) is 0 Å².